The lowest BCUT2D eigenvalue weighted by Gasteiger charge is -2.29. The van der Waals surface area contributed by atoms with Gasteiger partial charge >= 0.3 is 0 Å². The van der Waals surface area contributed by atoms with E-state index in [-0.39, 0.29) is 6.10 Å². The number of rotatable bonds is 6. The molecule has 1 aliphatic heterocycles. The van der Waals surface area contributed by atoms with E-state index in [1.54, 1.807) is 0 Å². The summed E-state index contributed by atoms with van der Waals surface area (Å²) in [6, 6.07) is 10.6. The molecule has 4 heteroatoms. The SMILES string of the molecule is c1ccc(N2CC[C@H](OCC3CC3)[C@@H]2Cc2cccnc2)nc1. The Hall–Kier alpha value is -1.94. The minimum absolute atomic E-state index is 0.290. The first-order chi connectivity index (χ1) is 11.4. The number of ether oxygens (including phenoxy) is 1. The molecule has 2 fully saturated rings. The Balaban J connectivity index is 1.52. The molecule has 1 saturated carbocycles. The zero-order valence-electron chi connectivity index (χ0n) is 13.3. The van der Waals surface area contributed by atoms with Crippen molar-refractivity contribution in [2.24, 2.45) is 5.92 Å². The van der Waals surface area contributed by atoms with Crippen molar-refractivity contribution >= 4 is 5.82 Å². The number of anilines is 1. The Bertz CT molecular complexity index is 615. The predicted molar refractivity (Wildman–Crippen MR) is 90.4 cm³/mol. The van der Waals surface area contributed by atoms with Crippen molar-refractivity contribution in [3.63, 3.8) is 0 Å². The molecule has 0 bridgehead atoms. The zero-order valence-corrected chi connectivity index (χ0v) is 13.3. The van der Waals surface area contributed by atoms with Crippen molar-refractivity contribution in [1.82, 2.24) is 9.97 Å². The van der Waals surface area contributed by atoms with Crippen LogP contribution in [0.3, 0.4) is 0 Å². The smallest absolute Gasteiger partial charge is 0.128 e. The van der Waals surface area contributed by atoms with E-state index in [2.05, 4.69) is 33.1 Å². The van der Waals surface area contributed by atoms with Gasteiger partial charge in [0.25, 0.3) is 0 Å². The molecule has 2 atom stereocenters. The Kier molecular flexibility index (Phi) is 4.24. The highest BCUT2D eigenvalue weighted by Gasteiger charge is 2.36. The molecule has 3 heterocycles. The summed E-state index contributed by atoms with van der Waals surface area (Å²) in [5, 5.41) is 0. The van der Waals surface area contributed by atoms with Gasteiger partial charge in [0, 0.05) is 31.7 Å². The molecule has 2 aromatic heterocycles. The Morgan fingerprint density at radius 2 is 2.04 bits per heavy atom. The number of nitrogens with zero attached hydrogens (tertiary/aromatic N) is 3. The number of hydrogen-bond donors (Lipinski definition) is 0. The van der Waals surface area contributed by atoms with Crippen LogP contribution in [0.5, 0.6) is 0 Å². The molecular formula is C19H23N3O. The Morgan fingerprint density at radius 1 is 1.09 bits per heavy atom. The van der Waals surface area contributed by atoms with Gasteiger partial charge in [-0.25, -0.2) is 4.98 Å². The molecule has 0 N–H and O–H groups in total. The van der Waals surface area contributed by atoms with E-state index < -0.39 is 0 Å². The van der Waals surface area contributed by atoms with Gasteiger partial charge in [-0.2, -0.15) is 0 Å². The van der Waals surface area contributed by atoms with E-state index in [4.69, 9.17) is 4.74 Å². The van der Waals surface area contributed by atoms with E-state index in [1.165, 1.54) is 18.4 Å². The summed E-state index contributed by atoms with van der Waals surface area (Å²) in [6.45, 7) is 1.93. The highest BCUT2D eigenvalue weighted by molar-refractivity contribution is 5.42. The molecule has 4 nitrogen and oxygen atoms in total. The van der Waals surface area contributed by atoms with E-state index in [1.807, 2.05) is 30.7 Å². The summed E-state index contributed by atoms with van der Waals surface area (Å²) in [4.78, 5) is 11.2. The van der Waals surface area contributed by atoms with Gasteiger partial charge in [0.05, 0.1) is 12.1 Å². The van der Waals surface area contributed by atoms with Gasteiger partial charge < -0.3 is 9.64 Å². The largest absolute Gasteiger partial charge is 0.376 e. The van der Waals surface area contributed by atoms with Gasteiger partial charge in [-0.15, -0.1) is 0 Å². The molecule has 120 valence electrons. The molecule has 23 heavy (non-hydrogen) atoms. The molecule has 1 aliphatic carbocycles. The zero-order chi connectivity index (χ0) is 15.5. The fourth-order valence-electron chi connectivity index (χ4n) is 3.37. The third-order valence-corrected chi connectivity index (χ3v) is 4.84. The summed E-state index contributed by atoms with van der Waals surface area (Å²) in [6.07, 6.45) is 10.7. The molecule has 0 aromatic carbocycles. The lowest BCUT2D eigenvalue weighted by Crippen LogP contribution is -2.39. The summed E-state index contributed by atoms with van der Waals surface area (Å²) < 4.78 is 6.27. The Labute approximate surface area is 137 Å². The fraction of sp³-hybridized carbons (Fsp3) is 0.474. The quantitative estimate of drug-likeness (QED) is 0.822. The fourth-order valence-corrected chi connectivity index (χ4v) is 3.37. The van der Waals surface area contributed by atoms with Crippen LogP contribution in [0.1, 0.15) is 24.8 Å². The summed E-state index contributed by atoms with van der Waals surface area (Å²) in [5.41, 5.74) is 1.26. The van der Waals surface area contributed by atoms with Crippen molar-refractivity contribution < 1.29 is 4.74 Å². The maximum Gasteiger partial charge on any atom is 0.128 e. The Morgan fingerprint density at radius 3 is 2.78 bits per heavy atom. The third kappa shape index (κ3) is 3.53. The van der Waals surface area contributed by atoms with Gasteiger partial charge in [0.15, 0.2) is 0 Å². The third-order valence-electron chi connectivity index (χ3n) is 4.84. The highest BCUT2D eigenvalue weighted by atomic mass is 16.5. The van der Waals surface area contributed by atoms with Gasteiger partial charge in [0.1, 0.15) is 5.82 Å². The summed E-state index contributed by atoms with van der Waals surface area (Å²) >= 11 is 0. The van der Waals surface area contributed by atoms with Crippen LogP contribution in [0.15, 0.2) is 48.9 Å². The van der Waals surface area contributed by atoms with Crippen molar-refractivity contribution in [1.29, 1.82) is 0 Å². The van der Waals surface area contributed by atoms with Gasteiger partial charge in [0.2, 0.25) is 0 Å². The second-order valence-corrected chi connectivity index (χ2v) is 6.62. The van der Waals surface area contributed by atoms with Crippen LogP contribution >= 0.6 is 0 Å². The first-order valence-corrected chi connectivity index (χ1v) is 8.58. The van der Waals surface area contributed by atoms with Crippen LogP contribution in [-0.2, 0) is 11.2 Å². The maximum atomic E-state index is 6.27. The number of aromatic nitrogens is 2. The van der Waals surface area contributed by atoms with Crippen LogP contribution in [0.25, 0.3) is 0 Å². The lowest BCUT2D eigenvalue weighted by molar-refractivity contribution is 0.0407. The minimum atomic E-state index is 0.290. The molecule has 0 spiro atoms. The second kappa shape index (κ2) is 6.67. The van der Waals surface area contributed by atoms with E-state index in [0.717, 1.165) is 37.7 Å². The molecule has 2 aromatic rings. The molecule has 4 rings (SSSR count). The molecular weight excluding hydrogens is 286 g/mol. The molecule has 0 unspecified atom stereocenters. The van der Waals surface area contributed by atoms with Crippen LogP contribution < -0.4 is 4.90 Å². The maximum absolute atomic E-state index is 6.27. The van der Waals surface area contributed by atoms with Gasteiger partial charge in [-0.05, 0) is 55.4 Å². The van der Waals surface area contributed by atoms with Gasteiger partial charge in [-0.1, -0.05) is 12.1 Å². The lowest BCUT2D eigenvalue weighted by atomic mass is 10.0. The molecule has 1 saturated heterocycles. The van der Waals surface area contributed by atoms with Crippen LogP contribution in [0.2, 0.25) is 0 Å². The standard InChI is InChI=1S/C19H23N3O/c1-2-10-21-19(5-1)22-11-8-18(23-14-15-6-7-15)17(22)12-16-4-3-9-20-13-16/h1-5,9-10,13,15,17-18H,6-8,11-12,14H2/t17-,18-/m0/s1. The minimum Gasteiger partial charge on any atom is -0.376 e. The van der Waals surface area contributed by atoms with Crippen LogP contribution in [0, 0.1) is 5.92 Å². The van der Waals surface area contributed by atoms with Crippen molar-refractivity contribution in [2.75, 3.05) is 18.1 Å². The molecule has 2 aliphatic rings. The number of hydrogen-bond acceptors (Lipinski definition) is 4. The normalized spacial score (nSPS) is 24.1. The van der Waals surface area contributed by atoms with E-state index in [9.17, 15) is 0 Å². The average molecular weight is 309 g/mol. The van der Waals surface area contributed by atoms with Crippen molar-refractivity contribution in [3.05, 3.63) is 54.5 Å². The van der Waals surface area contributed by atoms with E-state index in [0.29, 0.717) is 6.04 Å². The van der Waals surface area contributed by atoms with E-state index >= 15 is 0 Å². The topological polar surface area (TPSA) is 38.2 Å². The average Bonchev–Trinajstić information content (AvgIpc) is 3.36. The second-order valence-electron chi connectivity index (χ2n) is 6.62. The monoisotopic (exact) mass is 309 g/mol. The first-order valence-electron chi connectivity index (χ1n) is 8.58. The van der Waals surface area contributed by atoms with Crippen LogP contribution in [-0.4, -0.2) is 35.3 Å². The molecule has 0 radical (unpaired) electrons. The van der Waals surface area contributed by atoms with Crippen LogP contribution in [0.4, 0.5) is 5.82 Å². The van der Waals surface area contributed by atoms with Crippen molar-refractivity contribution in [2.45, 2.75) is 37.8 Å². The van der Waals surface area contributed by atoms with Crippen molar-refractivity contribution in [3.8, 4) is 0 Å². The predicted octanol–water partition coefficient (Wildman–Crippen LogP) is 3.09. The summed E-state index contributed by atoms with van der Waals surface area (Å²) in [5.74, 6) is 1.86. The first kappa shape index (κ1) is 14.6. The number of pyridine rings is 2. The highest BCUT2D eigenvalue weighted by Crippen LogP contribution is 2.33. The summed E-state index contributed by atoms with van der Waals surface area (Å²) in [7, 11) is 0. The van der Waals surface area contributed by atoms with Gasteiger partial charge in [-0.3, -0.25) is 4.98 Å². The molecule has 0 amide bonds.